The molecular weight excluding hydrogens is 264 g/mol. The molecule has 0 spiro atoms. The monoisotopic (exact) mass is 288 g/mol. The van der Waals surface area contributed by atoms with E-state index < -0.39 is 23.1 Å². The van der Waals surface area contributed by atoms with E-state index in [1.807, 2.05) is 0 Å². The Morgan fingerprint density at radius 3 is 1.40 bits per heavy atom. The van der Waals surface area contributed by atoms with Crippen LogP contribution < -0.4 is 0 Å². The first-order chi connectivity index (χ1) is 9.12. The van der Waals surface area contributed by atoms with Crippen LogP contribution >= 0.6 is 0 Å². The number of aliphatic hydroxyl groups is 2. The van der Waals surface area contributed by atoms with Crippen LogP contribution in [0.15, 0.2) is 12.2 Å². The van der Waals surface area contributed by atoms with Gasteiger partial charge in [-0.25, -0.2) is 9.59 Å². The SMILES string of the molecule is CC(C)(CCO)OC(=O)C=CC(=O)OC(C)(C)CCO. The van der Waals surface area contributed by atoms with Crippen LogP contribution in [0.1, 0.15) is 40.5 Å². The van der Waals surface area contributed by atoms with Crippen molar-refractivity contribution in [3.05, 3.63) is 12.2 Å². The van der Waals surface area contributed by atoms with Gasteiger partial charge < -0.3 is 19.7 Å². The van der Waals surface area contributed by atoms with Crippen LogP contribution in [0.25, 0.3) is 0 Å². The molecule has 0 heterocycles. The van der Waals surface area contributed by atoms with Gasteiger partial charge in [0.05, 0.1) is 0 Å². The average Bonchev–Trinajstić information content (AvgIpc) is 2.24. The topological polar surface area (TPSA) is 93.1 Å². The molecule has 0 aromatic rings. The number of rotatable bonds is 8. The maximum Gasteiger partial charge on any atom is 0.331 e. The van der Waals surface area contributed by atoms with Crippen LogP contribution in [0, 0.1) is 0 Å². The minimum absolute atomic E-state index is 0.0958. The number of aliphatic hydroxyl groups excluding tert-OH is 2. The lowest BCUT2D eigenvalue weighted by Crippen LogP contribution is -2.29. The molecule has 0 bridgehead atoms. The summed E-state index contributed by atoms with van der Waals surface area (Å²) in [6.45, 7) is 6.47. The molecule has 0 fully saturated rings. The predicted molar refractivity (Wildman–Crippen MR) is 72.9 cm³/mol. The first kappa shape index (κ1) is 18.6. The van der Waals surface area contributed by atoms with E-state index in [0.717, 1.165) is 12.2 Å². The highest BCUT2D eigenvalue weighted by atomic mass is 16.6. The minimum atomic E-state index is -0.795. The summed E-state index contributed by atoms with van der Waals surface area (Å²) in [4.78, 5) is 23.0. The number of hydrogen-bond donors (Lipinski definition) is 2. The lowest BCUT2D eigenvalue weighted by molar-refractivity contribution is -0.154. The summed E-state index contributed by atoms with van der Waals surface area (Å²) >= 11 is 0. The van der Waals surface area contributed by atoms with Gasteiger partial charge in [-0.05, 0) is 27.7 Å². The number of carbonyl (C=O) groups is 2. The number of carbonyl (C=O) groups excluding carboxylic acids is 2. The highest BCUT2D eigenvalue weighted by molar-refractivity contribution is 5.91. The Kier molecular flexibility index (Phi) is 7.45. The van der Waals surface area contributed by atoms with E-state index in [1.165, 1.54) is 0 Å². The van der Waals surface area contributed by atoms with Crippen LogP contribution in [0.2, 0.25) is 0 Å². The molecule has 2 N–H and O–H groups in total. The standard InChI is InChI=1S/C14H24O6/c1-13(2,7-9-15)19-11(17)5-6-12(18)20-14(3,4)8-10-16/h5-6,15-16H,7-10H2,1-4H3. The Labute approximate surface area is 119 Å². The maximum absolute atomic E-state index is 11.5. The minimum Gasteiger partial charge on any atom is -0.456 e. The van der Waals surface area contributed by atoms with Gasteiger partial charge in [-0.1, -0.05) is 0 Å². The number of ether oxygens (including phenoxy) is 2. The van der Waals surface area contributed by atoms with Crippen LogP contribution in [0.4, 0.5) is 0 Å². The molecule has 0 aliphatic heterocycles. The molecule has 0 atom stereocenters. The van der Waals surface area contributed by atoms with Crippen molar-refractivity contribution in [1.82, 2.24) is 0 Å². The molecule has 20 heavy (non-hydrogen) atoms. The second-order valence-corrected chi connectivity index (χ2v) is 5.64. The van der Waals surface area contributed by atoms with Gasteiger partial charge in [0.15, 0.2) is 0 Å². The molecule has 0 aliphatic carbocycles. The highest BCUT2D eigenvalue weighted by Gasteiger charge is 2.22. The van der Waals surface area contributed by atoms with Crippen molar-refractivity contribution in [1.29, 1.82) is 0 Å². The lowest BCUT2D eigenvalue weighted by Gasteiger charge is -2.24. The Morgan fingerprint density at radius 2 is 1.15 bits per heavy atom. The van der Waals surface area contributed by atoms with Crippen LogP contribution in [-0.4, -0.2) is 46.6 Å². The summed E-state index contributed by atoms with van der Waals surface area (Å²) in [5.74, 6) is -1.36. The van der Waals surface area contributed by atoms with Crippen molar-refractivity contribution >= 4 is 11.9 Å². The predicted octanol–water partition coefficient (Wildman–Crippen LogP) is 0.951. The van der Waals surface area contributed by atoms with Crippen LogP contribution in [0.3, 0.4) is 0 Å². The molecule has 0 aliphatic rings. The zero-order valence-corrected chi connectivity index (χ0v) is 12.5. The molecule has 0 aromatic carbocycles. The molecule has 0 rings (SSSR count). The van der Waals surface area contributed by atoms with Gasteiger partial charge in [0.2, 0.25) is 0 Å². The second kappa shape index (κ2) is 8.01. The van der Waals surface area contributed by atoms with Crippen LogP contribution in [0.5, 0.6) is 0 Å². The van der Waals surface area contributed by atoms with Crippen molar-refractivity contribution in [3.63, 3.8) is 0 Å². The van der Waals surface area contributed by atoms with Crippen molar-refractivity contribution in [2.75, 3.05) is 13.2 Å². The third kappa shape index (κ3) is 8.66. The van der Waals surface area contributed by atoms with E-state index in [9.17, 15) is 9.59 Å². The van der Waals surface area contributed by atoms with Gasteiger partial charge in [0, 0.05) is 38.2 Å². The Bertz CT molecular complexity index is 323. The maximum atomic E-state index is 11.5. The molecule has 0 aromatic heterocycles. The van der Waals surface area contributed by atoms with Crippen molar-refractivity contribution < 1.29 is 29.3 Å². The Balaban J connectivity index is 4.35. The summed E-state index contributed by atoms with van der Waals surface area (Å²) in [5.41, 5.74) is -1.59. The van der Waals surface area contributed by atoms with Crippen LogP contribution in [-0.2, 0) is 19.1 Å². The van der Waals surface area contributed by atoms with Crippen molar-refractivity contribution in [2.24, 2.45) is 0 Å². The first-order valence-electron chi connectivity index (χ1n) is 6.47. The number of esters is 2. The fourth-order valence-electron chi connectivity index (χ4n) is 1.39. The first-order valence-corrected chi connectivity index (χ1v) is 6.47. The quantitative estimate of drug-likeness (QED) is 0.510. The van der Waals surface area contributed by atoms with Gasteiger partial charge in [0.1, 0.15) is 11.2 Å². The summed E-state index contributed by atoms with van der Waals surface area (Å²) in [6, 6.07) is 0. The Hall–Kier alpha value is -1.40. The number of hydrogen-bond acceptors (Lipinski definition) is 6. The summed E-state index contributed by atoms with van der Waals surface area (Å²) in [6.07, 6.45) is 2.58. The van der Waals surface area contributed by atoms with E-state index in [1.54, 1.807) is 27.7 Å². The largest absolute Gasteiger partial charge is 0.456 e. The summed E-state index contributed by atoms with van der Waals surface area (Å²) in [7, 11) is 0. The van der Waals surface area contributed by atoms with Crippen molar-refractivity contribution in [2.45, 2.75) is 51.7 Å². The van der Waals surface area contributed by atoms with Gasteiger partial charge in [-0.2, -0.15) is 0 Å². The molecular formula is C14H24O6. The molecule has 0 unspecified atom stereocenters. The summed E-state index contributed by atoms with van der Waals surface area (Å²) in [5, 5.41) is 17.6. The zero-order chi connectivity index (χ0) is 15.8. The molecule has 6 nitrogen and oxygen atoms in total. The smallest absolute Gasteiger partial charge is 0.331 e. The zero-order valence-electron chi connectivity index (χ0n) is 12.5. The fraction of sp³-hybridized carbons (Fsp3) is 0.714. The molecule has 0 amide bonds. The van der Waals surface area contributed by atoms with Gasteiger partial charge in [-0.15, -0.1) is 0 Å². The molecule has 0 radical (unpaired) electrons. The van der Waals surface area contributed by atoms with Crippen molar-refractivity contribution in [3.8, 4) is 0 Å². The third-order valence-electron chi connectivity index (χ3n) is 2.54. The van der Waals surface area contributed by atoms with E-state index in [4.69, 9.17) is 19.7 Å². The van der Waals surface area contributed by atoms with E-state index in [-0.39, 0.29) is 13.2 Å². The Morgan fingerprint density at radius 1 is 0.850 bits per heavy atom. The van der Waals surface area contributed by atoms with E-state index >= 15 is 0 Å². The third-order valence-corrected chi connectivity index (χ3v) is 2.54. The normalized spacial score (nSPS) is 12.5. The van der Waals surface area contributed by atoms with E-state index in [0.29, 0.717) is 12.8 Å². The summed E-state index contributed by atoms with van der Waals surface area (Å²) < 4.78 is 10.1. The lowest BCUT2D eigenvalue weighted by atomic mass is 10.1. The highest BCUT2D eigenvalue weighted by Crippen LogP contribution is 2.15. The average molecular weight is 288 g/mol. The fourth-order valence-corrected chi connectivity index (χ4v) is 1.39. The van der Waals surface area contributed by atoms with E-state index in [2.05, 4.69) is 0 Å². The van der Waals surface area contributed by atoms with Gasteiger partial charge in [0.25, 0.3) is 0 Å². The molecule has 6 heteroatoms. The molecule has 0 saturated carbocycles. The van der Waals surface area contributed by atoms with Gasteiger partial charge in [-0.3, -0.25) is 0 Å². The second-order valence-electron chi connectivity index (χ2n) is 5.64. The van der Waals surface area contributed by atoms with Gasteiger partial charge >= 0.3 is 11.9 Å². The molecule has 0 saturated heterocycles. The molecule has 116 valence electrons.